The molecule has 42 valence electrons. The summed E-state index contributed by atoms with van der Waals surface area (Å²) in [6.45, 7) is 1.84. The molecule has 0 spiro atoms. The molecule has 1 N–H and O–H groups in total. The van der Waals surface area contributed by atoms with Crippen molar-refractivity contribution in [3.05, 3.63) is 0 Å². The Bertz CT molecular complexity index is 53.7. The molecule has 0 amide bonds. The zero-order valence-electron chi connectivity index (χ0n) is 4.18. The van der Waals surface area contributed by atoms with Crippen LogP contribution in [0.4, 0.5) is 0 Å². The fraction of sp³-hybridized carbons (Fsp3) is 0.750. The van der Waals surface area contributed by atoms with Crippen molar-refractivity contribution in [2.45, 2.75) is 19.8 Å². The van der Waals surface area contributed by atoms with Gasteiger partial charge in [-0.25, -0.2) is 0 Å². The first-order valence-electron chi connectivity index (χ1n) is 1.99. The quantitative estimate of drug-likeness (QED) is 0.646. The van der Waals surface area contributed by atoms with E-state index in [0.29, 0.717) is 6.42 Å². The van der Waals surface area contributed by atoms with E-state index in [0.717, 1.165) is 6.42 Å². The van der Waals surface area contributed by atoms with E-state index in [1.54, 1.807) is 0 Å². The van der Waals surface area contributed by atoms with Gasteiger partial charge in [-0.3, -0.25) is 4.79 Å². The molecule has 0 rings (SSSR count). The van der Waals surface area contributed by atoms with Gasteiger partial charge < -0.3 is 5.11 Å². The summed E-state index contributed by atoms with van der Waals surface area (Å²) in [5.74, 6) is -0.711. The van der Waals surface area contributed by atoms with Crippen LogP contribution in [0.5, 0.6) is 0 Å². The molecule has 0 radical (unpaired) electrons. The fourth-order valence-corrected chi connectivity index (χ4v) is 0.214. The molecule has 0 aromatic rings. The van der Waals surface area contributed by atoms with Gasteiger partial charge in [-0.2, -0.15) is 0 Å². The van der Waals surface area contributed by atoms with Crippen molar-refractivity contribution in [2.24, 2.45) is 0 Å². The van der Waals surface area contributed by atoms with E-state index in [1.807, 2.05) is 6.92 Å². The Morgan fingerprint density at radius 3 is 2.14 bits per heavy atom. The van der Waals surface area contributed by atoms with E-state index in [1.165, 1.54) is 0 Å². The summed E-state index contributed by atoms with van der Waals surface area (Å²) >= 11 is 0. The van der Waals surface area contributed by atoms with Gasteiger partial charge in [0.25, 0.3) is 0 Å². The standard InChI is InChI=1S/C4H8O2.Mo/c1-2-3-4(5)6;/h2-3H2,1H3,(H,5,6);. The third-order valence-corrected chi connectivity index (χ3v) is 0.464. The second-order valence-corrected chi connectivity index (χ2v) is 1.14. The third-order valence-electron chi connectivity index (χ3n) is 0.464. The second kappa shape index (κ2) is 6.16. The van der Waals surface area contributed by atoms with Crippen LogP contribution in [0.3, 0.4) is 0 Å². The van der Waals surface area contributed by atoms with Gasteiger partial charge in [-0.15, -0.1) is 0 Å². The maximum atomic E-state index is 9.60. The van der Waals surface area contributed by atoms with E-state index >= 15 is 0 Å². The summed E-state index contributed by atoms with van der Waals surface area (Å²) in [6.07, 6.45) is 1.02. The molecule has 0 unspecified atom stereocenters. The topological polar surface area (TPSA) is 37.3 Å². The minimum absolute atomic E-state index is 0. The summed E-state index contributed by atoms with van der Waals surface area (Å²) in [5.41, 5.74) is 0. The summed E-state index contributed by atoms with van der Waals surface area (Å²) in [5, 5.41) is 7.91. The Balaban J connectivity index is 0. The summed E-state index contributed by atoms with van der Waals surface area (Å²) in [4.78, 5) is 9.60. The number of carbonyl (C=O) groups is 1. The fourth-order valence-electron chi connectivity index (χ4n) is 0.214. The van der Waals surface area contributed by atoms with Crippen LogP contribution in [0.2, 0.25) is 0 Å². The number of carboxylic acids is 1. The summed E-state index contributed by atoms with van der Waals surface area (Å²) in [6, 6.07) is 0. The van der Waals surface area contributed by atoms with E-state index in [-0.39, 0.29) is 21.1 Å². The Morgan fingerprint density at radius 2 is 2.14 bits per heavy atom. The molecule has 0 saturated carbocycles. The number of carboxylic acid groups (broad SMARTS) is 1. The first-order chi connectivity index (χ1) is 2.77. The maximum Gasteiger partial charge on any atom is 0.303 e. The van der Waals surface area contributed by atoms with Crippen molar-refractivity contribution in [1.29, 1.82) is 0 Å². The molecular formula is C4H8MoO2. The first kappa shape index (κ1) is 10.2. The van der Waals surface area contributed by atoms with Crippen LogP contribution < -0.4 is 0 Å². The normalized spacial score (nSPS) is 7.00. The number of hydrogen-bond acceptors (Lipinski definition) is 1. The third kappa shape index (κ3) is 10.7. The van der Waals surface area contributed by atoms with Gasteiger partial charge in [0.2, 0.25) is 0 Å². The molecular weight excluding hydrogens is 176 g/mol. The first-order valence-corrected chi connectivity index (χ1v) is 1.99. The van der Waals surface area contributed by atoms with Crippen LogP contribution in [-0.2, 0) is 25.9 Å². The van der Waals surface area contributed by atoms with Gasteiger partial charge in [-0.1, -0.05) is 6.92 Å². The van der Waals surface area contributed by atoms with Gasteiger partial charge in [0.15, 0.2) is 0 Å². The van der Waals surface area contributed by atoms with E-state index in [2.05, 4.69) is 0 Å². The van der Waals surface area contributed by atoms with E-state index in [4.69, 9.17) is 5.11 Å². The molecule has 0 aliphatic rings. The average molecular weight is 184 g/mol. The molecule has 0 atom stereocenters. The summed E-state index contributed by atoms with van der Waals surface area (Å²) in [7, 11) is 0. The number of aliphatic carboxylic acids is 1. The zero-order valence-corrected chi connectivity index (χ0v) is 6.18. The van der Waals surface area contributed by atoms with Crippen LogP contribution >= 0.6 is 0 Å². The Labute approximate surface area is 57.2 Å². The largest absolute Gasteiger partial charge is 0.481 e. The summed E-state index contributed by atoms with van der Waals surface area (Å²) < 4.78 is 0. The van der Waals surface area contributed by atoms with Crippen molar-refractivity contribution < 1.29 is 31.0 Å². The van der Waals surface area contributed by atoms with Gasteiger partial charge in [0, 0.05) is 27.5 Å². The molecule has 0 aromatic heterocycles. The van der Waals surface area contributed by atoms with E-state index in [9.17, 15) is 4.79 Å². The van der Waals surface area contributed by atoms with Crippen molar-refractivity contribution in [2.75, 3.05) is 0 Å². The van der Waals surface area contributed by atoms with Crippen molar-refractivity contribution in [1.82, 2.24) is 0 Å². The molecule has 0 saturated heterocycles. The van der Waals surface area contributed by atoms with Crippen LogP contribution in [0, 0.1) is 0 Å². The van der Waals surface area contributed by atoms with Crippen LogP contribution in [0.15, 0.2) is 0 Å². The molecule has 0 fully saturated rings. The Kier molecular flexibility index (Phi) is 8.98. The van der Waals surface area contributed by atoms with Crippen molar-refractivity contribution in [3.63, 3.8) is 0 Å². The van der Waals surface area contributed by atoms with Gasteiger partial charge in [-0.05, 0) is 6.42 Å². The molecule has 0 aliphatic carbocycles. The molecule has 0 aliphatic heterocycles. The zero-order chi connectivity index (χ0) is 4.99. The van der Waals surface area contributed by atoms with E-state index < -0.39 is 5.97 Å². The van der Waals surface area contributed by atoms with Gasteiger partial charge >= 0.3 is 5.97 Å². The number of rotatable bonds is 2. The molecule has 0 aromatic carbocycles. The predicted octanol–water partition coefficient (Wildman–Crippen LogP) is 0.869. The minimum Gasteiger partial charge on any atom is -0.481 e. The van der Waals surface area contributed by atoms with Crippen LogP contribution in [0.1, 0.15) is 19.8 Å². The maximum absolute atomic E-state index is 9.60. The predicted molar refractivity (Wildman–Crippen MR) is 22.5 cm³/mol. The molecule has 2 nitrogen and oxygen atoms in total. The molecule has 3 heteroatoms. The average Bonchev–Trinajstić information content (AvgIpc) is 1.35. The van der Waals surface area contributed by atoms with Crippen LogP contribution in [-0.4, -0.2) is 11.1 Å². The molecule has 0 heterocycles. The van der Waals surface area contributed by atoms with Gasteiger partial charge in [0.05, 0.1) is 0 Å². The van der Waals surface area contributed by atoms with Gasteiger partial charge in [0.1, 0.15) is 0 Å². The Hall–Kier alpha value is 0.158. The molecule has 7 heavy (non-hydrogen) atoms. The minimum atomic E-state index is -0.711. The monoisotopic (exact) mass is 186 g/mol. The second-order valence-electron chi connectivity index (χ2n) is 1.14. The number of hydrogen-bond donors (Lipinski definition) is 1. The van der Waals surface area contributed by atoms with Crippen LogP contribution in [0.25, 0.3) is 0 Å². The van der Waals surface area contributed by atoms with Crippen molar-refractivity contribution >= 4 is 5.97 Å². The van der Waals surface area contributed by atoms with Crippen molar-refractivity contribution in [3.8, 4) is 0 Å². The smallest absolute Gasteiger partial charge is 0.303 e. The SMILES string of the molecule is CCCC(=O)O.[Mo]. The molecule has 0 bridgehead atoms. The Morgan fingerprint density at radius 1 is 1.71 bits per heavy atom.